The number of amides is 1. The third-order valence-electron chi connectivity index (χ3n) is 5.53. The largest absolute Gasteiger partial charge is 0.497 e. The zero-order chi connectivity index (χ0) is 17.1. The van der Waals surface area contributed by atoms with Crippen molar-refractivity contribution >= 4 is 24.0 Å². The zero-order valence-electron chi connectivity index (χ0n) is 15.0. The van der Waals surface area contributed by atoms with Gasteiger partial charge in [-0.1, -0.05) is 6.42 Å². The number of carbonyl (C=O) groups is 1. The van der Waals surface area contributed by atoms with Crippen molar-refractivity contribution in [3.05, 3.63) is 18.2 Å². The van der Waals surface area contributed by atoms with Crippen molar-refractivity contribution in [2.24, 2.45) is 23.5 Å². The van der Waals surface area contributed by atoms with E-state index in [1.165, 1.54) is 6.42 Å². The molecule has 2 aliphatic carbocycles. The molecule has 3 N–H and O–H groups in total. The standard InChI is InChI=1S/C19H28N2O3.ClH/c1-3-24-17-8-7-15(23-2)11-16(17)21-19(22)14-9-12-5-4-6-13(10-14)18(12)20;/h7-8,11-14,18H,3-6,9-10,20H2,1-2H3,(H,21,22);1H. The van der Waals surface area contributed by atoms with Crippen LogP contribution in [0.15, 0.2) is 18.2 Å². The van der Waals surface area contributed by atoms with Crippen LogP contribution in [0.3, 0.4) is 0 Å². The van der Waals surface area contributed by atoms with Crippen molar-refractivity contribution in [2.75, 3.05) is 19.0 Å². The van der Waals surface area contributed by atoms with Crippen LogP contribution in [0.5, 0.6) is 11.5 Å². The fourth-order valence-electron chi connectivity index (χ4n) is 4.25. The summed E-state index contributed by atoms with van der Waals surface area (Å²) in [5.74, 6) is 2.49. The predicted octanol–water partition coefficient (Wildman–Crippen LogP) is 3.61. The maximum absolute atomic E-state index is 12.8. The van der Waals surface area contributed by atoms with Crippen molar-refractivity contribution in [2.45, 2.75) is 45.1 Å². The van der Waals surface area contributed by atoms with Gasteiger partial charge in [-0.15, -0.1) is 12.4 Å². The molecular formula is C19H29ClN2O3. The summed E-state index contributed by atoms with van der Waals surface area (Å²) in [6.45, 7) is 2.48. The Balaban J connectivity index is 0.00000225. The molecule has 140 valence electrons. The Bertz CT molecular complexity index is 582. The number of nitrogens with two attached hydrogens (primary N) is 1. The molecule has 2 aliphatic rings. The highest BCUT2D eigenvalue weighted by Crippen LogP contribution is 2.42. The number of halogens is 1. The minimum Gasteiger partial charge on any atom is -0.497 e. The van der Waals surface area contributed by atoms with E-state index in [4.69, 9.17) is 15.2 Å². The van der Waals surface area contributed by atoms with Gasteiger partial charge in [0, 0.05) is 18.0 Å². The van der Waals surface area contributed by atoms with Crippen LogP contribution in [0.1, 0.15) is 39.0 Å². The van der Waals surface area contributed by atoms with Crippen LogP contribution in [0, 0.1) is 17.8 Å². The first-order valence-electron chi connectivity index (χ1n) is 8.99. The predicted molar refractivity (Wildman–Crippen MR) is 102 cm³/mol. The second-order valence-electron chi connectivity index (χ2n) is 6.98. The number of benzene rings is 1. The number of rotatable bonds is 5. The van der Waals surface area contributed by atoms with E-state index in [1.54, 1.807) is 7.11 Å². The molecular weight excluding hydrogens is 340 g/mol. The first-order valence-corrected chi connectivity index (χ1v) is 8.99. The molecule has 2 fully saturated rings. The van der Waals surface area contributed by atoms with E-state index in [1.807, 2.05) is 25.1 Å². The highest BCUT2D eigenvalue weighted by molar-refractivity contribution is 5.94. The monoisotopic (exact) mass is 368 g/mol. The molecule has 2 unspecified atom stereocenters. The van der Waals surface area contributed by atoms with Crippen LogP contribution < -0.4 is 20.5 Å². The Morgan fingerprint density at radius 3 is 2.56 bits per heavy atom. The molecule has 0 radical (unpaired) electrons. The SMILES string of the molecule is CCOc1ccc(OC)cc1NC(=O)C1CC2CCCC(C1)C2N.Cl. The third kappa shape index (κ3) is 4.39. The van der Waals surface area contributed by atoms with E-state index < -0.39 is 0 Å². The lowest BCUT2D eigenvalue weighted by Gasteiger charge is -2.43. The van der Waals surface area contributed by atoms with Crippen LogP contribution in [-0.2, 0) is 4.79 Å². The van der Waals surface area contributed by atoms with Gasteiger partial charge in [-0.2, -0.15) is 0 Å². The van der Waals surface area contributed by atoms with E-state index in [9.17, 15) is 4.79 Å². The van der Waals surface area contributed by atoms with Gasteiger partial charge in [0.1, 0.15) is 11.5 Å². The molecule has 25 heavy (non-hydrogen) atoms. The Morgan fingerprint density at radius 2 is 1.96 bits per heavy atom. The van der Waals surface area contributed by atoms with Crippen LogP contribution in [0.4, 0.5) is 5.69 Å². The van der Waals surface area contributed by atoms with Gasteiger partial charge in [0.05, 0.1) is 19.4 Å². The smallest absolute Gasteiger partial charge is 0.227 e. The van der Waals surface area contributed by atoms with E-state index in [-0.39, 0.29) is 30.3 Å². The van der Waals surface area contributed by atoms with Crippen molar-refractivity contribution in [1.29, 1.82) is 0 Å². The summed E-state index contributed by atoms with van der Waals surface area (Å²) in [6, 6.07) is 5.77. The zero-order valence-corrected chi connectivity index (χ0v) is 15.8. The second kappa shape index (κ2) is 8.77. The third-order valence-corrected chi connectivity index (χ3v) is 5.53. The molecule has 3 rings (SSSR count). The molecule has 6 heteroatoms. The maximum atomic E-state index is 12.8. The van der Waals surface area contributed by atoms with Gasteiger partial charge in [-0.3, -0.25) is 4.79 Å². The molecule has 1 aromatic carbocycles. The van der Waals surface area contributed by atoms with Crippen LogP contribution in [0.25, 0.3) is 0 Å². The van der Waals surface area contributed by atoms with Gasteiger partial charge in [-0.05, 0) is 56.6 Å². The van der Waals surface area contributed by atoms with Gasteiger partial charge in [0.15, 0.2) is 0 Å². The van der Waals surface area contributed by atoms with E-state index in [0.29, 0.717) is 35.6 Å². The quantitative estimate of drug-likeness (QED) is 0.832. The molecule has 2 atom stereocenters. The average Bonchev–Trinajstić information content (AvgIpc) is 2.56. The summed E-state index contributed by atoms with van der Waals surface area (Å²) in [7, 11) is 1.62. The van der Waals surface area contributed by atoms with Crippen molar-refractivity contribution < 1.29 is 14.3 Å². The molecule has 0 spiro atoms. The molecule has 1 aromatic rings. The van der Waals surface area contributed by atoms with E-state index in [2.05, 4.69) is 5.32 Å². The first-order chi connectivity index (χ1) is 11.6. The molecule has 2 bridgehead atoms. The number of fused-ring (bicyclic) bond motifs is 2. The maximum Gasteiger partial charge on any atom is 0.227 e. The number of hydrogen-bond acceptors (Lipinski definition) is 4. The van der Waals surface area contributed by atoms with E-state index >= 15 is 0 Å². The normalized spacial score (nSPS) is 27.8. The summed E-state index contributed by atoms with van der Waals surface area (Å²) < 4.78 is 10.9. The molecule has 0 aliphatic heterocycles. The van der Waals surface area contributed by atoms with Gasteiger partial charge < -0.3 is 20.5 Å². The average molecular weight is 369 g/mol. The number of anilines is 1. The van der Waals surface area contributed by atoms with Crippen LogP contribution >= 0.6 is 12.4 Å². The summed E-state index contributed by atoms with van der Waals surface area (Å²) in [6.07, 6.45) is 5.37. The number of carbonyl (C=O) groups excluding carboxylic acids is 1. The van der Waals surface area contributed by atoms with Crippen molar-refractivity contribution in [3.8, 4) is 11.5 Å². The molecule has 5 nitrogen and oxygen atoms in total. The Kier molecular flexibility index (Phi) is 6.96. The topological polar surface area (TPSA) is 73.6 Å². The summed E-state index contributed by atoms with van der Waals surface area (Å²) in [5, 5.41) is 3.06. The number of methoxy groups -OCH3 is 1. The van der Waals surface area contributed by atoms with Gasteiger partial charge in [0.2, 0.25) is 5.91 Å². The fraction of sp³-hybridized carbons (Fsp3) is 0.632. The number of ether oxygens (including phenoxy) is 2. The number of hydrogen-bond donors (Lipinski definition) is 2. The second-order valence-corrected chi connectivity index (χ2v) is 6.98. The molecule has 2 saturated carbocycles. The lowest BCUT2D eigenvalue weighted by Crippen LogP contribution is -2.48. The van der Waals surface area contributed by atoms with Crippen molar-refractivity contribution in [1.82, 2.24) is 0 Å². The first kappa shape index (κ1) is 19.9. The minimum absolute atomic E-state index is 0. The minimum atomic E-state index is 0. The van der Waals surface area contributed by atoms with Gasteiger partial charge in [0.25, 0.3) is 0 Å². The summed E-state index contributed by atoms with van der Waals surface area (Å²) in [4.78, 5) is 12.8. The molecule has 1 amide bonds. The van der Waals surface area contributed by atoms with Crippen molar-refractivity contribution in [3.63, 3.8) is 0 Å². The highest BCUT2D eigenvalue weighted by Gasteiger charge is 2.40. The fourth-order valence-corrected chi connectivity index (χ4v) is 4.25. The number of nitrogens with one attached hydrogen (secondary N) is 1. The summed E-state index contributed by atoms with van der Waals surface area (Å²) in [5.41, 5.74) is 7.01. The van der Waals surface area contributed by atoms with Crippen LogP contribution in [-0.4, -0.2) is 25.7 Å². The van der Waals surface area contributed by atoms with Gasteiger partial charge in [-0.25, -0.2) is 0 Å². The van der Waals surface area contributed by atoms with Gasteiger partial charge >= 0.3 is 0 Å². The Morgan fingerprint density at radius 1 is 1.28 bits per heavy atom. The van der Waals surface area contributed by atoms with E-state index in [0.717, 1.165) is 25.7 Å². The molecule has 0 heterocycles. The Hall–Kier alpha value is -1.46. The lowest BCUT2D eigenvalue weighted by atomic mass is 9.65. The highest BCUT2D eigenvalue weighted by atomic mass is 35.5. The molecule has 0 aromatic heterocycles. The molecule has 0 saturated heterocycles. The Labute approximate surface area is 156 Å². The summed E-state index contributed by atoms with van der Waals surface area (Å²) >= 11 is 0. The van der Waals surface area contributed by atoms with Crippen LogP contribution in [0.2, 0.25) is 0 Å². The lowest BCUT2D eigenvalue weighted by molar-refractivity contribution is -0.122.